The number of nitrogens with one attached hydrogen (secondary N) is 2. The van der Waals surface area contributed by atoms with Gasteiger partial charge in [0.15, 0.2) is 5.96 Å². The molecule has 0 radical (unpaired) electrons. The number of nitrogens with zero attached hydrogens (tertiary/aromatic N) is 3. The maximum absolute atomic E-state index is 12.7. The lowest BCUT2D eigenvalue weighted by molar-refractivity contribution is -0.138. The molecule has 2 rings (SSSR count). The number of amides is 1. The van der Waals surface area contributed by atoms with Crippen LogP contribution in [0, 0.1) is 5.41 Å². The van der Waals surface area contributed by atoms with Gasteiger partial charge in [0.2, 0.25) is 5.91 Å². The third kappa shape index (κ3) is 6.25. The molecule has 1 fully saturated rings. The molecule has 2 N–H and O–H groups in total. The van der Waals surface area contributed by atoms with E-state index in [2.05, 4.69) is 58.8 Å². The van der Waals surface area contributed by atoms with E-state index in [9.17, 15) is 4.79 Å². The summed E-state index contributed by atoms with van der Waals surface area (Å²) in [6, 6.07) is 10.7. The summed E-state index contributed by atoms with van der Waals surface area (Å²) in [6.07, 6.45) is 4.13. The second-order valence-corrected chi connectivity index (χ2v) is 7.79. The Morgan fingerprint density at radius 1 is 1.14 bits per heavy atom. The van der Waals surface area contributed by atoms with Crippen molar-refractivity contribution in [1.29, 1.82) is 0 Å². The Bertz CT molecular complexity index is 629. The van der Waals surface area contributed by atoms with Crippen LogP contribution in [0.5, 0.6) is 0 Å². The molecule has 0 bridgehead atoms. The minimum absolute atomic E-state index is 0. The molecule has 1 aliphatic rings. The first kappa shape index (κ1) is 24.5. The number of aliphatic imine (C=N–C) groups is 1. The lowest BCUT2D eigenvalue weighted by atomic mass is 9.84. The summed E-state index contributed by atoms with van der Waals surface area (Å²) in [7, 11) is 7.56. The zero-order valence-corrected chi connectivity index (χ0v) is 20.2. The van der Waals surface area contributed by atoms with E-state index in [-0.39, 0.29) is 35.3 Å². The van der Waals surface area contributed by atoms with Crippen LogP contribution in [0.2, 0.25) is 0 Å². The molecular weight excluding hydrogens is 465 g/mol. The van der Waals surface area contributed by atoms with Crippen molar-refractivity contribution in [3.05, 3.63) is 30.3 Å². The fourth-order valence-corrected chi connectivity index (χ4v) is 3.76. The Morgan fingerprint density at radius 2 is 1.75 bits per heavy atom. The van der Waals surface area contributed by atoms with Gasteiger partial charge in [-0.25, -0.2) is 0 Å². The van der Waals surface area contributed by atoms with Crippen LogP contribution >= 0.6 is 24.0 Å². The summed E-state index contributed by atoms with van der Waals surface area (Å²) in [6.45, 7) is 3.58. The molecule has 1 aromatic rings. The molecule has 1 amide bonds. The maximum atomic E-state index is 12.7. The van der Waals surface area contributed by atoms with E-state index in [0.717, 1.165) is 38.2 Å². The Morgan fingerprint density at radius 3 is 2.29 bits per heavy atom. The lowest BCUT2D eigenvalue weighted by Crippen LogP contribution is -2.50. The van der Waals surface area contributed by atoms with E-state index in [1.54, 1.807) is 11.9 Å². The van der Waals surface area contributed by atoms with Gasteiger partial charge in [0, 0.05) is 53.0 Å². The Hall–Kier alpha value is -1.51. The second kappa shape index (κ2) is 11.5. The van der Waals surface area contributed by atoms with Gasteiger partial charge in [-0.05, 0) is 31.9 Å². The quantitative estimate of drug-likeness (QED) is 0.343. The largest absolute Gasteiger partial charge is 0.370 e. The van der Waals surface area contributed by atoms with E-state index in [1.807, 2.05) is 20.2 Å². The van der Waals surface area contributed by atoms with Crippen molar-refractivity contribution in [2.24, 2.45) is 10.4 Å². The number of carbonyl (C=O) groups is 1. The molecule has 1 aliphatic carbocycles. The van der Waals surface area contributed by atoms with Gasteiger partial charge in [0.05, 0.1) is 5.41 Å². The number of hydrogen-bond donors (Lipinski definition) is 2. The molecule has 6 nitrogen and oxygen atoms in total. The minimum atomic E-state index is -0.298. The summed E-state index contributed by atoms with van der Waals surface area (Å²) in [5, 5.41) is 6.80. The lowest BCUT2D eigenvalue weighted by Gasteiger charge is -2.32. The van der Waals surface area contributed by atoms with Crippen LogP contribution in [-0.2, 0) is 4.79 Å². The molecule has 1 aromatic carbocycles. The smallest absolute Gasteiger partial charge is 0.230 e. The molecule has 0 heterocycles. The van der Waals surface area contributed by atoms with Crippen molar-refractivity contribution >= 4 is 41.5 Å². The number of carbonyl (C=O) groups excluding carboxylic acids is 1. The third-order valence-corrected chi connectivity index (χ3v) is 5.63. The van der Waals surface area contributed by atoms with Crippen LogP contribution in [0.25, 0.3) is 0 Å². The Labute approximate surface area is 187 Å². The van der Waals surface area contributed by atoms with Gasteiger partial charge < -0.3 is 20.4 Å². The van der Waals surface area contributed by atoms with Gasteiger partial charge in [0.1, 0.15) is 0 Å². The summed E-state index contributed by atoms with van der Waals surface area (Å²) < 4.78 is 0. The molecule has 0 aromatic heterocycles. The number of halogens is 1. The molecule has 0 aliphatic heterocycles. The monoisotopic (exact) mass is 501 g/mol. The predicted octanol–water partition coefficient (Wildman–Crippen LogP) is 2.94. The van der Waals surface area contributed by atoms with E-state index in [0.29, 0.717) is 12.6 Å². The van der Waals surface area contributed by atoms with E-state index in [4.69, 9.17) is 0 Å². The fourth-order valence-electron chi connectivity index (χ4n) is 3.76. The van der Waals surface area contributed by atoms with Crippen molar-refractivity contribution in [2.75, 3.05) is 46.2 Å². The summed E-state index contributed by atoms with van der Waals surface area (Å²) in [5.41, 5.74) is 0.893. The molecule has 28 heavy (non-hydrogen) atoms. The van der Waals surface area contributed by atoms with Crippen molar-refractivity contribution in [2.45, 2.75) is 38.6 Å². The van der Waals surface area contributed by atoms with Crippen LogP contribution < -0.4 is 15.5 Å². The number of guanidine groups is 1. The number of hydrogen-bond acceptors (Lipinski definition) is 3. The summed E-state index contributed by atoms with van der Waals surface area (Å²) in [4.78, 5) is 21.0. The normalized spacial score (nSPS) is 16.7. The third-order valence-electron chi connectivity index (χ3n) is 5.63. The average Bonchev–Trinajstić information content (AvgIpc) is 3.17. The van der Waals surface area contributed by atoms with E-state index in [1.165, 1.54) is 5.69 Å². The van der Waals surface area contributed by atoms with Gasteiger partial charge >= 0.3 is 0 Å². The van der Waals surface area contributed by atoms with Crippen LogP contribution in [0.1, 0.15) is 32.6 Å². The van der Waals surface area contributed by atoms with E-state index < -0.39 is 0 Å². The van der Waals surface area contributed by atoms with Gasteiger partial charge in [-0.2, -0.15) is 0 Å². The number of rotatable bonds is 7. The van der Waals surface area contributed by atoms with Crippen LogP contribution in [0.3, 0.4) is 0 Å². The highest BCUT2D eigenvalue weighted by molar-refractivity contribution is 14.0. The van der Waals surface area contributed by atoms with Crippen molar-refractivity contribution in [3.63, 3.8) is 0 Å². The average molecular weight is 501 g/mol. The Kier molecular flexibility index (Phi) is 10.1. The first-order valence-electron chi connectivity index (χ1n) is 9.84. The fraction of sp³-hybridized carbons (Fsp3) is 0.619. The first-order valence-corrected chi connectivity index (χ1v) is 9.84. The molecule has 7 heteroatoms. The highest BCUT2D eigenvalue weighted by atomic mass is 127. The molecule has 0 spiro atoms. The van der Waals surface area contributed by atoms with Gasteiger partial charge in [-0.1, -0.05) is 31.0 Å². The zero-order chi connectivity index (χ0) is 19.9. The standard InChI is InChI=1S/C21H35N5O.HI/c1-17(26(5)18-11-7-6-8-12-18)15-23-20(22-2)24-16-21(13-9-10-14-21)19(27)25(3)4;/h6-8,11-12,17H,9-10,13-16H2,1-5H3,(H2,22,23,24);1H. The van der Waals surface area contributed by atoms with Crippen LogP contribution in [-0.4, -0.2) is 64.1 Å². The molecule has 158 valence electrons. The van der Waals surface area contributed by atoms with Gasteiger partial charge in [0.25, 0.3) is 0 Å². The first-order chi connectivity index (χ1) is 12.9. The number of benzene rings is 1. The summed E-state index contributed by atoms with van der Waals surface area (Å²) in [5.74, 6) is 0.973. The van der Waals surface area contributed by atoms with Crippen molar-refractivity contribution in [1.82, 2.24) is 15.5 Å². The van der Waals surface area contributed by atoms with Gasteiger partial charge in [-0.3, -0.25) is 9.79 Å². The van der Waals surface area contributed by atoms with Gasteiger partial charge in [-0.15, -0.1) is 24.0 Å². The molecule has 1 unspecified atom stereocenters. The molecule has 1 saturated carbocycles. The molecular formula is C21H36IN5O. The van der Waals surface area contributed by atoms with Crippen LogP contribution in [0.4, 0.5) is 5.69 Å². The topological polar surface area (TPSA) is 60.0 Å². The summed E-state index contributed by atoms with van der Waals surface area (Å²) >= 11 is 0. The zero-order valence-electron chi connectivity index (χ0n) is 17.9. The van der Waals surface area contributed by atoms with E-state index >= 15 is 0 Å². The number of likely N-dealkylation sites (N-methyl/N-ethyl adjacent to an activating group) is 1. The van der Waals surface area contributed by atoms with Crippen LogP contribution in [0.15, 0.2) is 35.3 Å². The van der Waals surface area contributed by atoms with Crippen molar-refractivity contribution < 1.29 is 4.79 Å². The SMILES string of the molecule is CN=C(NCC(C)N(C)c1ccccc1)NCC1(C(=O)N(C)C)CCCC1.I. The minimum Gasteiger partial charge on any atom is -0.370 e. The molecule has 1 atom stereocenters. The highest BCUT2D eigenvalue weighted by Crippen LogP contribution is 2.38. The number of para-hydroxylation sites is 1. The van der Waals surface area contributed by atoms with Crippen molar-refractivity contribution in [3.8, 4) is 0 Å². The second-order valence-electron chi connectivity index (χ2n) is 7.79. The molecule has 0 saturated heterocycles. The highest BCUT2D eigenvalue weighted by Gasteiger charge is 2.42. The number of anilines is 1. The predicted molar refractivity (Wildman–Crippen MR) is 129 cm³/mol. The maximum Gasteiger partial charge on any atom is 0.230 e. The Balaban J connectivity index is 0.00000392.